The van der Waals surface area contributed by atoms with E-state index < -0.39 is 0 Å². The third-order valence-corrected chi connectivity index (χ3v) is 2.72. The summed E-state index contributed by atoms with van der Waals surface area (Å²) in [5.74, 6) is 1.44. The lowest BCUT2D eigenvalue weighted by molar-refractivity contribution is -0.126. The number of allylic oxidation sites excluding steroid dienone is 1. The third-order valence-electron chi connectivity index (χ3n) is 2.10. The lowest BCUT2D eigenvalue weighted by Crippen LogP contribution is -2.33. The molecule has 0 bridgehead atoms. The van der Waals surface area contributed by atoms with Gasteiger partial charge in [-0.1, -0.05) is 22.5 Å². The van der Waals surface area contributed by atoms with Crippen molar-refractivity contribution in [1.29, 1.82) is 0 Å². The summed E-state index contributed by atoms with van der Waals surface area (Å²) in [6.07, 6.45) is 3.96. The quantitative estimate of drug-likeness (QED) is 0.710. The number of nitrogens with zero attached hydrogens (tertiary/aromatic N) is 2. The van der Waals surface area contributed by atoms with Gasteiger partial charge in [0.25, 0.3) is 0 Å². The zero-order valence-corrected chi connectivity index (χ0v) is 9.12. The molecule has 14 heavy (non-hydrogen) atoms. The normalized spacial score (nSPS) is 26.5. The van der Waals surface area contributed by atoms with Crippen LogP contribution in [0.3, 0.4) is 0 Å². The van der Waals surface area contributed by atoms with Gasteiger partial charge in [-0.3, -0.25) is 9.69 Å². The number of aliphatic imine (C=N–C) groups is 1. The van der Waals surface area contributed by atoms with Gasteiger partial charge in [0.2, 0.25) is 5.91 Å². The highest BCUT2D eigenvalue weighted by molar-refractivity contribution is 9.09. The molecule has 0 saturated carbocycles. The molecule has 1 unspecified atom stereocenters. The van der Waals surface area contributed by atoms with E-state index in [1.54, 1.807) is 17.2 Å². The van der Waals surface area contributed by atoms with Crippen LogP contribution in [-0.4, -0.2) is 28.4 Å². The lowest BCUT2D eigenvalue weighted by atomic mass is 10.4. The summed E-state index contributed by atoms with van der Waals surface area (Å²) in [7, 11) is 0. The molecule has 1 saturated heterocycles. The molecule has 1 fully saturated rings. The zero-order chi connectivity index (χ0) is 10.1. The van der Waals surface area contributed by atoms with Crippen molar-refractivity contribution in [2.24, 2.45) is 4.99 Å². The Morgan fingerprint density at radius 1 is 1.71 bits per heavy atom. The van der Waals surface area contributed by atoms with Crippen LogP contribution in [0.15, 0.2) is 29.3 Å². The van der Waals surface area contributed by atoms with Crippen molar-refractivity contribution in [2.75, 3.05) is 6.54 Å². The monoisotopic (exact) mass is 255 g/mol. The van der Waals surface area contributed by atoms with Crippen molar-refractivity contribution in [3.05, 3.63) is 24.3 Å². The molecule has 1 amide bonds. The van der Waals surface area contributed by atoms with E-state index in [1.807, 2.05) is 0 Å². The van der Waals surface area contributed by atoms with E-state index in [4.69, 9.17) is 0 Å². The van der Waals surface area contributed by atoms with Crippen molar-refractivity contribution in [1.82, 2.24) is 10.2 Å². The molecule has 2 aliphatic rings. The minimum atomic E-state index is 0.119. The van der Waals surface area contributed by atoms with Crippen molar-refractivity contribution in [3.63, 3.8) is 0 Å². The average Bonchev–Trinajstić information content (AvgIpc) is 2.45. The first-order valence-electron chi connectivity index (χ1n) is 4.31. The van der Waals surface area contributed by atoms with Crippen LogP contribution in [0, 0.1) is 0 Å². The summed E-state index contributed by atoms with van der Waals surface area (Å²) in [6, 6.07) is 0. The third kappa shape index (κ3) is 1.72. The average molecular weight is 256 g/mol. The largest absolute Gasteiger partial charge is 0.327 e. The number of likely N-dealkylation sites (tertiary alicyclic amines) is 1. The maximum atomic E-state index is 11.5. The van der Waals surface area contributed by atoms with Crippen LogP contribution in [0.5, 0.6) is 0 Å². The van der Waals surface area contributed by atoms with Gasteiger partial charge < -0.3 is 5.32 Å². The lowest BCUT2D eigenvalue weighted by Gasteiger charge is -2.22. The highest BCUT2D eigenvalue weighted by Gasteiger charge is 2.30. The highest BCUT2D eigenvalue weighted by Crippen LogP contribution is 2.22. The fourth-order valence-corrected chi connectivity index (χ4v) is 2.04. The molecule has 5 heteroatoms. The number of nitrogens with one attached hydrogen (secondary N) is 1. The van der Waals surface area contributed by atoms with Crippen LogP contribution in [0.2, 0.25) is 0 Å². The first-order chi connectivity index (χ1) is 6.66. The van der Waals surface area contributed by atoms with Crippen LogP contribution < -0.4 is 5.32 Å². The maximum absolute atomic E-state index is 11.5. The zero-order valence-electron chi connectivity index (χ0n) is 7.53. The molecule has 0 spiro atoms. The SMILES string of the molecule is C=C1N=CC=C(N2CC(Br)CC2=O)N1. The topological polar surface area (TPSA) is 44.7 Å². The maximum Gasteiger partial charge on any atom is 0.229 e. The number of carbonyl (C=O) groups is 1. The van der Waals surface area contributed by atoms with Crippen LogP contribution in [0.4, 0.5) is 0 Å². The standard InChI is InChI=1S/C9H10BrN3O/c1-6-11-3-2-8(12-6)13-5-7(10)4-9(13)14/h2-3,7,12H,1,4-5H2. The summed E-state index contributed by atoms with van der Waals surface area (Å²) >= 11 is 3.43. The molecule has 0 aromatic carbocycles. The Labute approximate surface area is 90.5 Å². The number of carbonyl (C=O) groups excluding carboxylic acids is 1. The van der Waals surface area contributed by atoms with Crippen LogP contribution in [-0.2, 0) is 4.79 Å². The van der Waals surface area contributed by atoms with Crippen molar-refractivity contribution < 1.29 is 4.79 Å². The Bertz CT molecular complexity index is 348. The van der Waals surface area contributed by atoms with Gasteiger partial charge >= 0.3 is 0 Å². The van der Waals surface area contributed by atoms with E-state index >= 15 is 0 Å². The molecule has 2 heterocycles. The first kappa shape index (κ1) is 9.45. The number of halogens is 1. The predicted molar refractivity (Wildman–Crippen MR) is 57.9 cm³/mol. The minimum Gasteiger partial charge on any atom is -0.327 e. The van der Waals surface area contributed by atoms with E-state index in [-0.39, 0.29) is 10.7 Å². The molecule has 74 valence electrons. The number of rotatable bonds is 1. The smallest absolute Gasteiger partial charge is 0.229 e. The molecule has 1 N–H and O–H groups in total. The second kappa shape index (κ2) is 3.57. The number of hydrogen-bond acceptors (Lipinski definition) is 3. The number of amides is 1. The molecule has 0 aromatic rings. The molecule has 2 aliphatic heterocycles. The number of hydrogen-bond donors (Lipinski definition) is 1. The fourth-order valence-electron chi connectivity index (χ4n) is 1.47. The molecular weight excluding hydrogens is 246 g/mol. The number of alkyl halides is 1. The molecule has 0 radical (unpaired) electrons. The molecule has 4 nitrogen and oxygen atoms in total. The van der Waals surface area contributed by atoms with E-state index in [0.717, 1.165) is 5.82 Å². The first-order valence-corrected chi connectivity index (χ1v) is 5.23. The highest BCUT2D eigenvalue weighted by atomic mass is 79.9. The Kier molecular flexibility index (Phi) is 2.41. The Balaban J connectivity index is 2.16. The summed E-state index contributed by atoms with van der Waals surface area (Å²) in [4.78, 5) is 17.4. The molecule has 2 rings (SSSR count). The van der Waals surface area contributed by atoms with E-state index in [2.05, 4.69) is 32.8 Å². The van der Waals surface area contributed by atoms with Crippen molar-refractivity contribution in [2.45, 2.75) is 11.2 Å². The Morgan fingerprint density at radius 3 is 3.07 bits per heavy atom. The van der Waals surface area contributed by atoms with E-state index in [9.17, 15) is 4.79 Å². The summed E-state index contributed by atoms with van der Waals surface area (Å²) in [5, 5.41) is 2.96. The molecular formula is C9H10BrN3O. The van der Waals surface area contributed by atoms with Gasteiger partial charge in [0.15, 0.2) is 0 Å². The summed E-state index contributed by atoms with van der Waals surface area (Å²) < 4.78 is 0. The van der Waals surface area contributed by atoms with Gasteiger partial charge in [0, 0.05) is 24.0 Å². The van der Waals surface area contributed by atoms with Crippen molar-refractivity contribution in [3.8, 4) is 0 Å². The van der Waals surface area contributed by atoms with E-state index in [1.165, 1.54) is 0 Å². The van der Waals surface area contributed by atoms with Gasteiger partial charge in [0.05, 0.1) is 0 Å². The van der Waals surface area contributed by atoms with Gasteiger partial charge in [-0.05, 0) is 6.08 Å². The van der Waals surface area contributed by atoms with Crippen LogP contribution in [0.1, 0.15) is 6.42 Å². The second-order valence-corrected chi connectivity index (χ2v) is 4.50. The Morgan fingerprint density at radius 2 is 2.50 bits per heavy atom. The second-order valence-electron chi connectivity index (χ2n) is 3.21. The summed E-state index contributed by atoms with van der Waals surface area (Å²) in [5.41, 5.74) is 0. The van der Waals surface area contributed by atoms with Crippen molar-refractivity contribution >= 4 is 28.1 Å². The molecule has 0 aliphatic carbocycles. The van der Waals surface area contributed by atoms with Crippen LogP contribution in [0.25, 0.3) is 0 Å². The predicted octanol–water partition coefficient (Wildman–Crippen LogP) is 0.969. The fraction of sp³-hybridized carbons (Fsp3) is 0.333. The Hall–Kier alpha value is -1.10. The molecule has 0 aromatic heterocycles. The molecule has 1 atom stereocenters. The van der Waals surface area contributed by atoms with Gasteiger partial charge in [0.1, 0.15) is 11.6 Å². The van der Waals surface area contributed by atoms with Gasteiger partial charge in [-0.25, -0.2) is 4.99 Å². The van der Waals surface area contributed by atoms with Crippen LogP contribution >= 0.6 is 15.9 Å². The van der Waals surface area contributed by atoms with Gasteiger partial charge in [-0.15, -0.1) is 0 Å². The van der Waals surface area contributed by atoms with Gasteiger partial charge in [-0.2, -0.15) is 0 Å². The van der Waals surface area contributed by atoms with E-state index in [0.29, 0.717) is 18.8 Å². The minimum absolute atomic E-state index is 0.119. The summed E-state index contributed by atoms with van der Waals surface area (Å²) in [6.45, 7) is 4.37.